The van der Waals surface area contributed by atoms with Gasteiger partial charge in [-0.2, -0.15) is 0 Å². The molecule has 0 saturated carbocycles. The second-order valence-electron chi connectivity index (χ2n) is 8.47. The van der Waals surface area contributed by atoms with Crippen LogP contribution in [-0.2, 0) is 22.4 Å². The summed E-state index contributed by atoms with van der Waals surface area (Å²) >= 11 is 0. The predicted octanol–water partition coefficient (Wildman–Crippen LogP) is 1.56. The minimum Gasteiger partial charge on any atom is -0.390 e. The van der Waals surface area contributed by atoms with E-state index in [4.69, 9.17) is 0 Å². The SMILES string of the molecule is CC(C)(C(=O)N[C@@H]1c2ccccc2C[C@@H]1O)C(=O)N[C@@H]1c2ccccc2C[C@@H]1O. The number of nitrogens with one attached hydrogen (secondary N) is 2. The van der Waals surface area contributed by atoms with Crippen molar-refractivity contribution in [2.24, 2.45) is 5.41 Å². The molecule has 0 aliphatic heterocycles. The Kier molecular flexibility index (Phi) is 4.92. The normalized spacial score (nSPS) is 25.2. The van der Waals surface area contributed by atoms with E-state index in [-0.39, 0.29) is 0 Å². The Balaban J connectivity index is 1.48. The van der Waals surface area contributed by atoms with Crippen molar-refractivity contribution in [3.05, 3.63) is 70.8 Å². The van der Waals surface area contributed by atoms with Gasteiger partial charge in [0.2, 0.25) is 11.8 Å². The van der Waals surface area contributed by atoms with Crippen molar-refractivity contribution in [1.29, 1.82) is 0 Å². The summed E-state index contributed by atoms with van der Waals surface area (Å²) in [5.74, 6) is -0.923. The van der Waals surface area contributed by atoms with Gasteiger partial charge < -0.3 is 20.8 Å². The first-order valence-corrected chi connectivity index (χ1v) is 9.92. The van der Waals surface area contributed by atoms with E-state index in [0.29, 0.717) is 12.8 Å². The monoisotopic (exact) mass is 394 g/mol. The number of carbonyl (C=O) groups is 2. The highest BCUT2D eigenvalue weighted by Gasteiger charge is 2.42. The molecule has 152 valence electrons. The molecule has 4 atom stereocenters. The van der Waals surface area contributed by atoms with Gasteiger partial charge in [-0.3, -0.25) is 9.59 Å². The molecule has 6 heteroatoms. The summed E-state index contributed by atoms with van der Waals surface area (Å²) in [6, 6.07) is 14.1. The van der Waals surface area contributed by atoms with Gasteiger partial charge in [-0.05, 0) is 36.1 Å². The fourth-order valence-corrected chi connectivity index (χ4v) is 4.24. The van der Waals surface area contributed by atoms with Crippen LogP contribution in [0.25, 0.3) is 0 Å². The highest BCUT2D eigenvalue weighted by atomic mass is 16.3. The predicted molar refractivity (Wildman–Crippen MR) is 108 cm³/mol. The molecule has 2 aliphatic rings. The van der Waals surface area contributed by atoms with E-state index in [9.17, 15) is 19.8 Å². The molecule has 2 amide bonds. The lowest BCUT2D eigenvalue weighted by Gasteiger charge is -2.29. The van der Waals surface area contributed by atoms with E-state index in [1.807, 2.05) is 48.5 Å². The minimum atomic E-state index is -1.37. The number of carbonyl (C=O) groups excluding carboxylic acids is 2. The number of amides is 2. The largest absolute Gasteiger partial charge is 0.390 e. The fraction of sp³-hybridized carbons (Fsp3) is 0.391. The van der Waals surface area contributed by atoms with Crippen molar-refractivity contribution < 1.29 is 19.8 Å². The van der Waals surface area contributed by atoms with E-state index in [1.165, 1.54) is 0 Å². The van der Waals surface area contributed by atoms with E-state index >= 15 is 0 Å². The molecule has 6 nitrogen and oxygen atoms in total. The molecule has 0 saturated heterocycles. The van der Waals surface area contributed by atoms with Crippen LogP contribution in [0, 0.1) is 5.41 Å². The minimum absolute atomic E-state index is 0.462. The maximum atomic E-state index is 13.0. The molecule has 2 aromatic carbocycles. The Bertz CT molecular complexity index is 880. The molecule has 4 N–H and O–H groups in total. The van der Waals surface area contributed by atoms with Crippen LogP contribution in [0.2, 0.25) is 0 Å². The molecular formula is C23H26N2O4. The average molecular weight is 394 g/mol. The molecule has 0 radical (unpaired) electrons. The summed E-state index contributed by atoms with van der Waals surface area (Å²) in [7, 11) is 0. The quantitative estimate of drug-likeness (QED) is 0.592. The third kappa shape index (κ3) is 3.43. The molecule has 0 unspecified atom stereocenters. The highest BCUT2D eigenvalue weighted by molar-refractivity contribution is 6.04. The van der Waals surface area contributed by atoms with Gasteiger partial charge >= 0.3 is 0 Å². The highest BCUT2D eigenvalue weighted by Crippen LogP contribution is 2.34. The fourth-order valence-electron chi connectivity index (χ4n) is 4.24. The lowest BCUT2D eigenvalue weighted by atomic mass is 9.89. The summed E-state index contributed by atoms with van der Waals surface area (Å²) in [5.41, 5.74) is 2.39. The average Bonchev–Trinajstić information content (AvgIpc) is 3.18. The Hall–Kier alpha value is -2.70. The maximum Gasteiger partial charge on any atom is 0.235 e. The maximum absolute atomic E-state index is 13.0. The Morgan fingerprint density at radius 2 is 1.17 bits per heavy atom. The number of benzene rings is 2. The first-order chi connectivity index (χ1) is 13.8. The van der Waals surface area contributed by atoms with E-state index < -0.39 is 41.5 Å². The summed E-state index contributed by atoms with van der Waals surface area (Å²) in [5, 5.41) is 26.5. The van der Waals surface area contributed by atoms with Crippen molar-refractivity contribution in [2.45, 2.75) is 51.0 Å². The number of aliphatic hydroxyl groups excluding tert-OH is 2. The van der Waals surface area contributed by atoms with Crippen LogP contribution in [0.15, 0.2) is 48.5 Å². The first-order valence-electron chi connectivity index (χ1n) is 9.92. The summed E-state index contributed by atoms with van der Waals surface area (Å²) in [6.45, 7) is 3.11. The molecule has 0 heterocycles. The topological polar surface area (TPSA) is 98.7 Å². The van der Waals surface area contributed by atoms with Gasteiger partial charge in [0.25, 0.3) is 0 Å². The molecule has 0 aromatic heterocycles. The summed E-state index contributed by atoms with van der Waals surface area (Å²) in [6.07, 6.45) is -0.505. The van der Waals surface area contributed by atoms with Crippen molar-refractivity contribution >= 4 is 11.8 Å². The first kappa shape index (κ1) is 19.6. The van der Waals surface area contributed by atoms with Crippen LogP contribution in [0.5, 0.6) is 0 Å². The molecule has 0 bridgehead atoms. The van der Waals surface area contributed by atoms with Crippen LogP contribution >= 0.6 is 0 Å². The van der Waals surface area contributed by atoms with E-state index in [2.05, 4.69) is 10.6 Å². The van der Waals surface area contributed by atoms with Gasteiger partial charge in [-0.25, -0.2) is 0 Å². The van der Waals surface area contributed by atoms with Gasteiger partial charge in [-0.1, -0.05) is 48.5 Å². The van der Waals surface area contributed by atoms with Crippen molar-refractivity contribution in [3.8, 4) is 0 Å². The molecule has 0 spiro atoms. The van der Waals surface area contributed by atoms with Crippen LogP contribution in [0.1, 0.15) is 48.2 Å². The van der Waals surface area contributed by atoms with Crippen LogP contribution in [0.3, 0.4) is 0 Å². The number of aliphatic hydroxyl groups is 2. The molecular weight excluding hydrogens is 368 g/mol. The molecule has 0 fully saturated rings. The van der Waals surface area contributed by atoms with Crippen molar-refractivity contribution in [1.82, 2.24) is 10.6 Å². The molecule has 4 rings (SSSR count). The lowest BCUT2D eigenvalue weighted by molar-refractivity contribution is -0.143. The van der Waals surface area contributed by atoms with Crippen LogP contribution in [-0.4, -0.2) is 34.2 Å². The molecule has 2 aromatic rings. The number of fused-ring (bicyclic) bond motifs is 2. The van der Waals surface area contributed by atoms with Gasteiger partial charge in [0.15, 0.2) is 0 Å². The zero-order valence-corrected chi connectivity index (χ0v) is 16.6. The standard InChI is InChI=1S/C23H26N2O4/c1-23(2,21(28)24-19-15-9-5-3-7-13(15)11-17(19)26)22(29)25-20-16-10-6-4-8-14(16)12-18(20)27/h3-10,17-20,26-27H,11-12H2,1-2H3,(H,24,28)(H,25,29)/t17-,18-,19+,20+/m0/s1. The third-order valence-electron chi connectivity index (χ3n) is 6.12. The lowest BCUT2D eigenvalue weighted by Crippen LogP contribution is -2.51. The van der Waals surface area contributed by atoms with Crippen LogP contribution < -0.4 is 10.6 Å². The summed E-state index contributed by atoms with van der Waals surface area (Å²) in [4.78, 5) is 25.9. The Morgan fingerprint density at radius 1 is 0.793 bits per heavy atom. The Morgan fingerprint density at radius 3 is 1.59 bits per heavy atom. The molecule has 29 heavy (non-hydrogen) atoms. The summed E-state index contributed by atoms with van der Waals surface area (Å²) < 4.78 is 0. The van der Waals surface area contributed by atoms with Crippen molar-refractivity contribution in [3.63, 3.8) is 0 Å². The smallest absolute Gasteiger partial charge is 0.235 e. The van der Waals surface area contributed by atoms with Gasteiger partial charge in [0.1, 0.15) is 5.41 Å². The zero-order valence-electron chi connectivity index (χ0n) is 16.6. The van der Waals surface area contributed by atoms with E-state index in [0.717, 1.165) is 22.3 Å². The van der Waals surface area contributed by atoms with E-state index in [1.54, 1.807) is 13.8 Å². The number of rotatable bonds is 4. The zero-order chi connectivity index (χ0) is 20.8. The number of hydrogen-bond acceptors (Lipinski definition) is 4. The van der Waals surface area contributed by atoms with Crippen molar-refractivity contribution in [2.75, 3.05) is 0 Å². The van der Waals surface area contributed by atoms with Gasteiger partial charge in [0, 0.05) is 12.8 Å². The number of hydrogen-bond donors (Lipinski definition) is 4. The van der Waals surface area contributed by atoms with Gasteiger partial charge in [0.05, 0.1) is 24.3 Å². The second-order valence-corrected chi connectivity index (χ2v) is 8.47. The third-order valence-corrected chi connectivity index (χ3v) is 6.12. The second kappa shape index (κ2) is 7.28. The molecule has 2 aliphatic carbocycles. The Labute approximate surface area is 170 Å². The van der Waals surface area contributed by atoms with Gasteiger partial charge in [-0.15, -0.1) is 0 Å². The van der Waals surface area contributed by atoms with Crippen LogP contribution in [0.4, 0.5) is 0 Å².